The topological polar surface area (TPSA) is 37.8 Å². The van der Waals surface area contributed by atoms with Crippen molar-refractivity contribution in [3.8, 4) is 0 Å². The minimum absolute atomic E-state index is 0. The molecule has 0 unspecified atom stereocenters. The molecular formula is C10H16ClN3S. The van der Waals surface area contributed by atoms with Crippen molar-refractivity contribution in [1.82, 2.24) is 15.5 Å². The molecule has 5 heteroatoms. The zero-order valence-corrected chi connectivity index (χ0v) is 10.4. The first-order valence-corrected chi connectivity index (χ1v) is 5.90. The van der Waals surface area contributed by atoms with Gasteiger partial charge in [0, 0.05) is 5.25 Å². The predicted octanol–water partition coefficient (Wildman–Crippen LogP) is 2.05. The van der Waals surface area contributed by atoms with Gasteiger partial charge < -0.3 is 5.32 Å². The van der Waals surface area contributed by atoms with Crippen molar-refractivity contribution in [1.29, 1.82) is 0 Å². The lowest BCUT2D eigenvalue weighted by Crippen LogP contribution is -2.29. The van der Waals surface area contributed by atoms with Gasteiger partial charge in [-0.1, -0.05) is 0 Å². The summed E-state index contributed by atoms with van der Waals surface area (Å²) in [6.45, 7) is 4.24. The Morgan fingerprint density at radius 1 is 1.27 bits per heavy atom. The van der Waals surface area contributed by atoms with E-state index >= 15 is 0 Å². The molecule has 0 bridgehead atoms. The van der Waals surface area contributed by atoms with Crippen LogP contribution in [0.25, 0.3) is 0 Å². The molecule has 0 amide bonds. The predicted molar refractivity (Wildman–Crippen MR) is 65.8 cm³/mol. The normalized spacial score (nSPS) is 17.1. The highest BCUT2D eigenvalue weighted by atomic mass is 35.5. The van der Waals surface area contributed by atoms with Gasteiger partial charge in [0.1, 0.15) is 5.03 Å². The van der Waals surface area contributed by atoms with Crippen LogP contribution >= 0.6 is 24.2 Å². The number of rotatable bonds is 2. The van der Waals surface area contributed by atoms with E-state index in [4.69, 9.17) is 0 Å². The molecule has 15 heavy (non-hydrogen) atoms. The van der Waals surface area contributed by atoms with Crippen molar-refractivity contribution in [3.05, 3.63) is 17.8 Å². The van der Waals surface area contributed by atoms with Gasteiger partial charge in [0.2, 0.25) is 0 Å². The van der Waals surface area contributed by atoms with Gasteiger partial charge in [-0.2, -0.15) is 5.10 Å². The second-order valence-corrected chi connectivity index (χ2v) is 4.90. The first-order valence-electron chi connectivity index (χ1n) is 5.02. The van der Waals surface area contributed by atoms with Crippen LogP contribution in [0.2, 0.25) is 0 Å². The summed E-state index contributed by atoms with van der Waals surface area (Å²) in [7, 11) is 0. The maximum Gasteiger partial charge on any atom is 0.119 e. The molecule has 0 spiro atoms. The molecule has 2 heterocycles. The van der Waals surface area contributed by atoms with E-state index in [9.17, 15) is 0 Å². The number of nitrogens with zero attached hydrogens (tertiary/aromatic N) is 2. The fraction of sp³-hybridized carbons (Fsp3) is 0.600. The third kappa shape index (κ3) is 3.97. The van der Waals surface area contributed by atoms with Gasteiger partial charge in [-0.05, 0) is 45.0 Å². The van der Waals surface area contributed by atoms with Gasteiger partial charge in [-0.3, -0.25) is 0 Å². The number of aromatic nitrogens is 2. The lowest BCUT2D eigenvalue weighted by atomic mass is 10.2. The smallest absolute Gasteiger partial charge is 0.119 e. The summed E-state index contributed by atoms with van der Waals surface area (Å²) in [4.78, 5) is 0. The summed E-state index contributed by atoms with van der Waals surface area (Å²) in [5, 5.41) is 13.4. The quantitative estimate of drug-likeness (QED) is 0.866. The Kier molecular flexibility index (Phi) is 5.36. The van der Waals surface area contributed by atoms with Crippen LogP contribution in [0.1, 0.15) is 18.5 Å². The summed E-state index contributed by atoms with van der Waals surface area (Å²) in [6.07, 6.45) is 2.47. The molecule has 0 radical (unpaired) electrons. The minimum atomic E-state index is 0. The number of aryl methyl sites for hydroxylation is 1. The molecule has 1 aromatic heterocycles. The third-order valence-corrected chi connectivity index (χ3v) is 3.61. The van der Waals surface area contributed by atoms with Gasteiger partial charge in [0.05, 0.1) is 5.69 Å². The van der Waals surface area contributed by atoms with Crippen LogP contribution < -0.4 is 5.32 Å². The SMILES string of the molecule is Cc1ccc(SC2CCNCC2)nn1.Cl. The lowest BCUT2D eigenvalue weighted by molar-refractivity contribution is 0.531. The fourth-order valence-corrected chi connectivity index (χ4v) is 2.58. The zero-order chi connectivity index (χ0) is 9.80. The molecule has 84 valence electrons. The van der Waals surface area contributed by atoms with E-state index < -0.39 is 0 Å². The number of hydrogen-bond acceptors (Lipinski definition) is 4. The molecule has 0 atom stereocenters. The van der Waals surface area contributed by atoms with E-state index in [2.05, 4.69) is 21.6 Å². The van der Waals surface area contributed by atoms with Crippen LogP contribution in [0.3, 0.4) is 0 Å². The summed E-state index contributed by atoms with van der Waals surface area (Å²) < 4.78 is 0. The van der Waals surface area contributed by atoms with E-state index in [0.29, 0.717) is 5.25 Å². The van der Waals surface area contributed by atoms with Crippen LogP contribution in [-0.4, -0.2) is 28.5 Å². The highest BCUT2D eigenvalue weighted by Crippen LogP contribution is 2.26. The van der Waals surface area contributed by atoms with Gasteiger partial charge in [0.15, 0.2) is 0 Å². The standard InChI is InChI=1S/C10H15N3S.ClH/c1-8-2-3-10(13-12-8)14-9-4-6-11-7-5-9;/h2-3,9,11H,4-7H2,1H3;1H. The fourth-order valence-electron chi connectivity index (χ4n) is 1.53. The van der Waals surface area contributed by atoms with E-state index in [1.54, 1.807) is 0 Å². The first kappa shape index (κ1) is 12.7. The molecule has 2 rings (SSSR count). The summed E-state index contributed by atoms with van der Waals surface area (Å²) in [5.74, 6) is 0. The summed E-state index contributed by atoms with van der Waals surface area (Å²) in [6, 6.07) is 4.09. The molecule has 0 aliphatic carbocycles. The minimum Gasteiger partial charge on any atom is -0.317 e. The third-order valence-electron chi connectivity index (χ3n) is 2.35. The molecule has 3 nitrogen and oxygen atoms in total. The van der Waals surface area contributed by atoms with E-state index in [0.717, 1.165) is 23.8 Å². The molecule has 1 aliphatic rings. The van der Waals surface area contributed by atoms with Gasteiger partial charge in [0.25, 0.3) is 0 Å². The highest BCUT2D eigenvalue weighted by Gasteiger charge is 2.14. The Balaban J connectivity index is 0.00000112. The zero-order valence-electron chi connectivity index (χ0n) is 8.77. The average molecular weight is 246 g/mol. The summed E-state index contributed by atoms with van der Waals surface area (Å²) in [5.41, 5.74) is 0.986. The van der Waals surface area contributed by atoms with E-state index in [1.165, 1.54) is 12.8 Å². The van der Waals surface area contributed by atoms with Crippen molar-refractivity contribution in [3.63, 3.8) is 0 Å². The number of thioether (sulfide) groups is 1. The van der Waals surface area contributed by atoms with Crippen molar-refractivity contribution in [2.24, 2.45) is 0 Å². The van der Waals surface area contributed by atoms with Crippen LogP contribution in [-0.2, 0) is 0 Å². The molecule has 0 saturated carbocycles. The molecule has 1 saturated heterocycles. The summed E-state index contributed by atoms with van der Waals surface area (Å²) >= 11 is 1.86. The van der Waals surface area contributed by atoms with Crippen LogP contribution in [0.15, 0.2) is 17.2 Å². The molecule has 1 aliphatic heterocycles. The number of hydrogen-bond donors (Lipinski definition) is 1. The highest BCUT2D eigenvalue weighted by molar-refractivity contribution is 7.99. The van der Waals surface area contributed by atoms with Crippen LogP contribution in [0.5, 0.6) is 0 Å². The maximum atomic E-state index is 4.16. The monoisotopic (exact) mass is 245 g/mol. The second kappa shape index (κ2) is 6.30. The van der Waals surface area contributed by atoms with Gasteiger partial charge in [-0.15, -0.1) is 29.3 Å². The Morgan fingerprint density at radius 3 is 2.60 bits per heavy atom. The molecular weight excluding hydrogens is 230 g/mol. The lowest BCUT2D eigenvalue weighted by Gasteiger charge is -2.21. The first-order chi connectivity index (χ1) is 6.84. The number of nitrogens with one attached hydrogen (secondary N) is 1. The van der Waals surface area contributed by atoms with Crippen LogP contribution in [0.4, 0.5) is 0 Å². The van der Waals surface area contributed by atoms with Crippen molar-refractivity contribution in [2.75, 3.05) is 13.1 Å². The van der Waals surface area contributed by atoms with Crippen molar-refractivity contribution in [2.45, 2.75) is 30.0 Å². The molecule has 1 aromatic rings. The Labute approximate surface area is 101 Å². The Morgan fingerprint density at radius 2 is 2.00 bits per heavy atom. The second-order valence-electron chi connectivity index (χ2n) is 3.58. The number of piperidine rings is 1. The van der Waals surface area contributed by atoms with E-state index in [-0.39, 0.29) is 12.4 Å². The van der Waals surface area contributed by atoms with Gasteiger partial charge in [-0.25, -0.2) is 0 Å². The molecule has 0 aromatic carbocycles. The Bertz CT molecular complexity index is 285. The van der Waals surface area contributed by atoms with Crippen molar-refractivity contribution < 1.29 is 0 Å². The molecule has 1 fully saturated rings. The Hall–Kier alpha value is -0.320. The maximum absolute atomic E-state index is 4.16. The van der Waals surface area contributed by atoms with E-state index in [1.807, 2.05) is 24.8 Å². The average Bonchev–Trinajstić information content (AvgIpc) is 2.23. The van der Waals surface area contributed by atoms with Crippen molar-refractivity contribution >= 4 is 24.2 Å². The largest absolute Gasteiger partial charge is 0.317 e. The number of halogens is 1. The van der Waals surface area contributed by atoms with Gasteiger partial charge >= 0.3 is 0 Å². The molecule has 1 N–H and O–H groups in total. The van der Waals surface area contributed by atoms with Crippen LogP contribution in [0, 0.1) is 6.92 Å².